The van der Waals surface area contributed by atoms with E-state index in [0.717, 1.165) is 12.8 Å². The van der Waals surface area contributed by atoms with Gasteiger partial charge < -0.3 is 29.4 Å². The molecule has 0 bridgehead atoms. The van der Waals surface area contributed by atoms with Crippen LogP contribution < -0.4 is 15.2 Å². The topological polar surface area (TPSA) is 124 Å². The van der Waals surface area contributed by atoms with Gasteiger partial charge in [0.1, 0.15) is 5.69 Å². The van der Waals surface area contributed by atoms with E-state index in [4.69, 9.17) is 14.9 Å². The maximum Gasteiger partial charge on any atom is 0.387 e. The molecule has 2 amide bonds. The first-order chi connectivity index (χ1) is 18.4. The number of alkyl halides is 2. The molecule has 1 saturated carbocycles. The van der Waals surface area contributed by atoms with Crippen molar-refractivity contribution in [2.45, 2.75) is 26.0 Å². The summed E-state index contributed by atoms with van der Waals surface area (Å²) in [5.41, 5.74) is 6.69. The number of nitrogens with two attached hydrogens (primary N) is 1. The molecule has 2 aromatic heterocycles. The minimum Gasteiger partial charge on any atom is -0.489 e. The van der Waals surface area contributed by atoms with Crippen LogP contribution in [0, 0.1) is 5.92 Å². The van der Waals surface area contributed by atoms with E-state index in [0.29, 0.717) is 50.0 Å². The predicted molar refractivity (Wildman–Crippen MR) is 131 cm³/mol. The van der Waals surface area contributed by atoms with Gasteiger partial charge in [-0.15, -0.1) is 0 Å². The molecule has 200 valence electrons. The maximum atomic E-state index is 13.3. The first-order valence-electron chi connectivity index (χ1n) is 12.3. The Hall–Kier alpha value is -4.06. The lowest BCUT2D eigenvalue weighted by atomic mass is 10.2. The second-order valence-corrected chi connectivity index (χ2v) is 9.09. The van der Waals surface area contributed by atoms with Gasteiger partial charge in [-0.1, -0.05) is 6.07 Å². The van der Waals surface area contributed by atoms with Gasteiger partial charge >= 0.3 is 6.61 Å². The molecular weight excluding hydrogens is 500 g/mol. The third kappa shape index (κ3) is 5.75. The molecule has 0 radical (unpaired) electrons. The number of halogens is 2. The highest BCUT2D eigenvalue weighted by molar-refractivity contribution is 5.95. The fraction of sp³-hybridized carbons (Fsp3) is 0.385. The number of benzene rings is 1. The number of ether oxygens (including phenoxy) is 2. The van der Waals surface area contributed by atoms with E-state index in [9.17, 15) is 18.4 Å². The Labute approximate surface area is 217 Å². The minimum absolute atomic E-state index is 0.0657. The predicted octanol–water partition coefficient (Wildman–Crippen LogP) is 3.18. The van der Waals surface area contributed by atoms with Crippen LogP contribution in [0.5, 0.6) is 11.5 Å². The molecule has 2 N–H and O–H groups in total. The number of aromatic nitrogens is 2. The molecule has 3 aromatic rings. The normalized spacial score (nSPS) is 15.6. The summed E-state index contributed by atoms with van der Waals surface area (Å²) in [6.45, 7) is -1.37. The van der Waals surface area contributed by atoms with Gasteiger partial charge in [-0.05, 0) is 49.1 Å². The lowest BCUT2D eigenvalue weighted by Crippen LogP contribution is -2.51. The second kappa shape index (κ2) is 11.1. The Kier molecular flexibility index (Phi) is 7.50. The zero-order chi connectivity index (χ0) is 26.6. The summed E-state index contributed by atoms with van der Waals surface area (Å²) < 4.78 is 41.8. The Morgan fingerprint density at radius 2 is 1.79 bits per heavy atom. The average Bonchev–Trinajstić information content (AvgIpc) is 3.68. The number of hydrogen-bond donors (Lipinski definition) is 1. The van der Waals surface area contributed by atoms with Crippen molar-refractivity contribution in [3.05, 3.63) is 59.7 Å². The molecule has 0 spiro atoms. The van der Waals surface area contributed by atoms with E-state index in [2.05, 4.69) is 14.7 Å². The molecule has 1 saturated heterocycles. The first-order valence-corrected chi connectivity index (χ1v) is 12.3. The van der Waals surface area contributed by atoms with Crippen LogP contribution in [0.25, 0.3) is 11.5 Å². The molecule has 1 aromatic carbocycles. The fourth-order valence-electron chi connectivity index (χ4n) is 4.13. The van der Waals surface area contributed by atoms with Crippen LogP contribution in [-0.4, -0.2) is 71.0 Å². The van der Waals surface area contributed by atoms with Crippen LogP contribution in [0.1, 0.15) is 39.6 Å². The molecule has 10 nitrogen and oxygen atoms in total. The highest BCUT2D eigenvalue weighted by Crippen LogP contribution is 2.36. The largest absolute Gasteiger partial charge is 0.489 e. The molecule has 3 heterocycles. The van der Waals surface area contributed by atoms with Gasteiger partial charge in [0.25, 0.3) is 11.8 Å². The number of carbonyl (C=O) groups excluding carboxylic acids is 2. The van der Waals surface area contributed by atoms with E-state index in [1.807, 2.05) is 0 Å². The van der Waals surface area contributed by atoms with Crippen molar-refractivity contribution in [3.63, 3.8) is 0 Å². The summed E-state index contributed by atoms with van der Waals surface area (Å²) in [5.74, 6) is 0.194. The van der Waals surface area contributed by atoms with E-state index in [1.165, 1.54) is 18.2 Å². The molecule has 0 unspecified atom stereocenters. The number of carbonyl (C=O) groups is 2. The van der Waals surface area contributed by atoms with E-state index in [1.54, 1.807) is 34.2 Å². The minimum atomic E-state index is -3.00. The third-order valence-corrected chi connectivity index (χ3v) is 6.40. The summed E-state index contributed by atoms with van der Waals surface area (Å²) in [5, 5.41) is 0. The first kappa shape index (κ1) is 25.6. The van der Waals surface area contributed by atoms with Gasteiger partial charge in [0, 0.05) is 37.9 Å². The molecule has 2 fully saturated rings. The Morgan fingerprint density at radius 3 is 2.42 bits per heavy atom. The van der Waals surface area contributed by atoms with Crippen LogP contribution in [0.2, 0.25) is 0 Å². The van der Waals surface area contributed by atoms with Crippen LogP contribution in [0.4, 0.5) is 8.78 Å². The third-order valence-electron chi connectivity index (χ3n) is 6.40. The monoisotopic (exact) mass is 527 g/mol. The van der Waals surface area contributed by atoms with Gasteiger partial charge in [-0.25, -0.2) is 4.98 Å². The standard InChI is InChI=1S/C26H27F2N5O5/c27-26(28)38-19-7-6-17(13-20(19)36-15-16-4-5-16)23-31-22(21(14-29)37-23)25(35)33-11-9-32(10-12-33)24(34)18-3-1-2-8-30-18/h1-3,6-8,13,16,26H,4-5,9-12,14-15,29H2. The molecule has 2 aliphatic rings. The number of rotatable bonds is 9. The molecule has 5 rings (SSSR count). The van der Waals surface area contributed by atoms with Crippen LogP contribution in [0.3, 0.4) is 0 Å². The smallest absolute Gasteiger partial charge is 0.387 e. The van der Waals surface area contributed by atoms with Crippen molar-refractivity contribution in [1.29, 1.82) is 0 Å². The Balaban J connectivity index is 1.31. The van der Waals surface area contributed by atoms with Crippen molar-refractivity contribution in [3.8, 4) is 23.0 Å². The summed E-state index contributed by atoms with van der Waals surface area (Å²) in [7, 11) is 0. The Bertz CT molecular complexity index is 1290. The van der Waals surface area contributed by atoms with E-state index >= 15 is 0 Å². The zero-order valence-electron chi connectivity index (χ0n) is 20.5. The zero-order valence-corrected chi connectivity index (χ0v) is 20.5. The van der Waals surface area contributed by atoms with Crippen molar-refractivity contribution >= 4 is 11.8 Å². The lowest BCUT2D eigenvalue weighted by molar-refractivity contribution is -0.0515. The maximum absolute atomic E-state index is 13.3. The number of pyridine rings is 1. The molecular formula is C26H27F2N5O5. The van der Waals surface area contributed by atoms with Gasteiger partial charge in [0.05, 0.1) is 13.2 Å². The molecule has 0 atom stereocenters. The number of amides is 2. The highest BCUT2D eigenvalue weighted by atomic mass is 19.3. The summed E-state index contributed by atoms with van der Waals surface area (Å²) in [6, 6.07) is 9.50. The number of nitrogens with zero attached hydrogens (tertiary/aromatic N) is 4. The number of piperazine rings is 1. The molecule has 12 heteroatoms. The summed E-state index contributed by atoms with van der Waals surface area (Å²) in [4.78, 5) is 37.7. The van der Waals surface area contributed by atoms with Gasteiger partial charge in [0.2, 0.25) is 5.89 Å². The van der Waals surface area contributed by atoms with Crippen molar-refractivity contribution in [1.82, 2.24) is 19.8 Å². The highest BCUT2D eigenvalue weighted by Gasteiger charge is 2.30. The van der Waals surface area contributed by atoms with Crippen molar-refractivity contribution < 1.29 is 32.3 Å². The molecule has 1 aliphatic heterocycles. The van der Waals surface area contributed by atoms with E-state index in [-0.39, 0.29) is 47.2 Å². The number of oxazole rings is 1. The lowest BCUT2D eigenvalue weighted by Gasteiger charge is -2.34. The summed E-state index contributed by atoms with van der Waals surface area (Å²) >= 11 is 0. The SMILES string of the molecule is NCc1oc(-c2ccc(OC(F)F)c(OCC3CC3)c2)nc1C(=O)N1CCN(C(=O)c2ccccn2)CC1. The van der Waals surface area contributed by atoms with E-state index < -0.39 is 6.61 Å². The van der Waals surface area contributed by atoms with Crippen LogP contribution in [0.15, 0.2) is 47.0 Å². The van der Waals surface area contributed by atoms with Crippen LogP contribution in [-0.2, 0) is 6.54 Å². The van der Waals surface area contributed by atoms with Crippen molar-refractivity contribution in [2.24, 2.45) is 11.7 Å². The van der Waals surface area contributed by atoms with Crippen molar-refractivity contribution in [2.75, 3.05) is 32.8 Å². The van der Waals surface area contributed by atoms with Gasteiger partial charge in [0.15, 0.2) is 23.0 Å². The fourth-order valence-corrected chi connectivity index (χ4v) is 4.13. The van der Waals surface area contributed by atoms with Gasteiger partial charge in [-0.3, -0.25) is 14.6 Å². The van der Waals surface area contributed by atoms with Gasteiger partial charge in [-0.2, -0.15) is 8.78 Å². The second-order valence-electron chi connectivity index (χ2n) is 9.09. The summed E-state index contributed by atoms with van der Waals surface area (Å²) in [6.07, 6.45) is 3.62. The average molecular weight is 528 g/mol. The molecule has 1 aliphatic carbocycles. The Morgan fingerprint density at radius 1 is 1.05 bits per heavy atom. The quantitative estimate of drug-likeness (QED) is 0.450. The van der Waals surface area contributed by atoms with Crippen LogP contribution >= 0.6 is 0 Å². The molecule has 38 heavy (non-hydrogen) atoms. The number of hydrogen-bond acceptors (Lipinski definition) is 8.